The molecule has 0 aromatic carbocycles. The van der Waals surface area contributed by atoms with E-state index in [1.807, 2.05) is 0 Å². The van der Waals surface area contributed by atoms with Crippen molar-refractivity contribution in [3.05, 3.63) is 17.0 Å². The van der Waals surface area contributed by atoms with Crippen molar-refractivity contribution in [1.82, 2.24) is 0 Å². The van der Waals surface area contributed by atoms with Gasteiger partial charge in [-0.3, -0.25) is 0 Å². The van der Waals surface area contributed by atoms with Gasteiger partial charge in [-0.05, 0) is 0 Å². The van der Waals surface area contributed by atoms with Gasteiger partial charge in [0.2, 0.25) is 0 Å². The van der Waals surface area contributed by atoms with Crippen LogP contribution >= 0.6 is 11.3 Å². The Hall–Kier alpha value is 0.499. The molecule has 0 fully saturated rings. The Labute approximate surface area is 141 Å². The van der Waals surface area contributed by atoms with Crippen LogP contribution in [0.25, 0.3) is 0 Å². The van der Waals surface area contributed by atoms with Crippen LogP contribution in [0.15, 0.2) is 12.1 Å². The normalized spacial score (nSPS) is 12.0. The van der Waals surface area contributed by atoms with E-state index in [9.17, 15) is 0 Å². The molecule has 0 atom stereocenters. The zero-order valence-electron chi connectivity index (χ0n) is 14.8. The summed E-state index contributed by atoms with van der Waals surface area (Å²) in [7, 11) is 0. The summed E-state index contributed by atoms with van der Waals surface area (Å²) >= 11 is 0.326. The molecule has 0 bridgehead atoms. The second kappa shape index (κ2) is 11.1. The molecule has 0 spiro atoms. The first-order chi connectivity index (χ1) is 10.0. The third-order valence-electron chi connectivity index (χ3n) is 4.18. The predicted molar refractivity (Wildman–Crippen MR) is 103 cm³/mol. The molecule has 1 heterocycles. The molecule has 1 rings (SSSR count). The van der Waals surface area contributed by atoms with E-state index in [1.54, 1.807) is 7.77 Å². The number of thiophene rings is 1. The van der Waals surface area contributed by atoms with Crippen LogP contribution in [0.1, 0.15) is 76.0 Å². The van der Waals surface area contributed by atoms with Crippen LogP contribution in [0.3, 0.4) is 0 Å². The topological polar surface area (TPSA) is 0 Å². The first-order valence-electron chi connectivity index (χ1n) is 9.13. The van der Waals surface area contributed by atoms with Crippen LogP contribution in [-0.4, -0.2) is 18.4 Å². The molecule has 2 heteroatoms. The van der Waals surface area contributed by atoms with Gasteiger partial charge >= 0.3 is 122 Å². The van der Waals surface area contributed by atoms with Gasteiger partial charge in [0.05, 0.1) is 0 Å². The standard InChI is InChI=1S/C16H27S.3CH3.Sn/c1-2-3-4-5-6-7-8-9-10-11-13-16-14-12-15-17-16;;;;/h12,14H,2-11,13H2,1H3;3*1H3;. The summed E-state index contributed by atoms with van der Waals surface area (Å²) in [5.74, 6) is 0. The fourth-order valence-corrected chi connectivity index (χ4v) is 9.22. The van der Waals surface area contributed by atoms with E-state index in [0.29, 0.717) is 0 Å². The maximum absolute atomic E-state index is 2.52. The molecule has 0 N–H and O–H groups in total. The second-order valence-electron chi connectivity index (χ2n) is 7.45. The third-order valence-corrected chi connectivity index (χ3v) is 14.8. The average Bonchev–Trinajstić information content (AvgIpc) is 2.90. The van der Waals surface area contributed by atoms with E-state index < -0.39 is 18.4 Å². The van der Waals surface area contributed by atoms with Gasteiger partial charge in [0.15, 0.2) is 0 Å². The summed E-state index contributed by atoms with van der Waals surface area (Å²) in [6, 6.07) is 4.82. The first kappa shape index (κ1) is 19.5. The van der Waals surface area contributed by atoms with Gasteiger partial charge in [-0.2, -0.15) is 0 Å². The van der Waals surface area contributed by atoms with Gasteiger partial charge in [0, 0.05) is 0 Å². The minimum atomic E-state index is -1.79. The van der Waals surface area contributed by atoms with Crippen molar-refractivity contribution in [3.8, 4) is 0 Å². The Bertz CT molecular complexity index is 362. The van der Waals surface area contributed by atoms with Gasteiger partial charge in [-0.25, -0.2) is 0 Å². The molecule has 0 aliphatic rings. The van der Waals surface area contributed by atoms with Crippen LogP contribution in [0.2, 0.25) is 14.8 Å². The summed E-state index contributed by atoms with van der Waals surface area (Å²) in [5, 5.41) is 0. The van der Waals surface area contributed by atoms with Crippen LogP contribution in [-0.2, 0) is 6.42 Å². The Morgan fingerprint density at radius 3 is 1.76 bits per heavy atom. The third kappa shape index (κ3) is 9.28. The van der Waals surface area contributed by atoms with Crippen LogP contribution in [0.4, 0.5) is 0 Å². The molecule has 1 aromatic rings. The quantitative estimate of drug-likeness (QED) is 0.262. The SMILES string of the molecule is CCCCCCCCCCCCc1cc[c]([Sn]([CH3])([CH3])[CH3])s1. The maximum atomic E-state index is 2.52. The summed E-state index contributed by atoms with van der Waals surface area (Å²) < 4.78 is 1.74. The monoisotopic (exact) mass is 416 g/mol. The van der Waals surface area contributed by atoms with Gasteiger partial charge in [-0.15, -0.1) is 0 Å². The molecule has 0 saturated carbocycles. The summed E-state index contributed by atoms with van der Waals surface area (Å²) in [5.41, 5.74) is 0. The molecule has 0 unspecified atom stereocenters. The van der Waals surface area contributed by atoms with Gasteiger partial charge in [-0.1, -0.05) is 19.8 Å². The van der Waals surface area contributed by atoms with E-state index in [-0.39, 0.29) is 0 Å². The fourth-order valence-electron chi connectivity index (χ4n) is 2.70. The predicted octanol–water partition coefficient (Wildman–Crippen LogP) is 6.76. The Morgan fingerprint density at radius 2 is 1.29 bits per heavy atom. The van der Waals surface area contributed by atoms with Crippen molar-refractivity contribution in [2.45, 2.75) is 92.4 Å². The molecule has 0 aliphatic carbocycles. The number of hydrogen-bond donors (Lipinski definition) is 0. The molecule has 0 saturated heterocycles. The van der Waals surface area contributed by atoms with Crippen molar-refractivity contribution < 1.29 is 0 Å². The molecular weight excluding hydrogens is 379 g/mol. The van der Waals surface area contributed by atoms with Gasteiger partial charge < -0.3 is 0 Å². The van der Waals surface area contributed by atoms with Crippen molar-refractivity contribution in [2.24, 2.45) is 0 Å². The molecule has 0 nitrogen and oxygen atoms in total. The van der Waals surface area contributed by atoms with Gasteiger partial charge in [0.1, 0.15) is 0 Å². The molecule has 122 valence electrons. The van der Waals surface area contributed by atoms with E-state index in [2.05, 4.69) is 45.2 Å². The average molecular weight is 415 g/mol. The Morgan fingerprint density at radius 1 is 0.762 bits per heavy atom. The van der Waals surface area contributed by atoms with Gasteiger partial charge in [0.25, 0.3) is 0 Å². The van der Waals surface area contributed by atoms with Crippen LogP contribution in [0.5, 0.6) is 0 Å². The number of rotatable bonds is 12. The molecular formula is C19H36SSn. The Balaban J connectivity index is 1.98. The van der Waals surface area contributed by atoms with Crippen molar-refractivity contribution >= 4 is 32.6 Å². The summed E-state index contributed by atoms with van der Waals surface area (Å²) in [4.78, 5) is 9.19. The summed E-state index contributed by atoms with van der Waals surface area (Å²) in [6.07, 6.45) is 15.7. The zero-order chi connectivity index (χ0) is 15.6. The zero-order valence-corrected chi connectivity index (χ0v) is 18.5. The molecule has 0 aliphatic heterocycles. The van der Waals surface area contributed by atoms with E-state index in [4.69, 9.17) is 0 Å². The molecule has 21 heavy (non-hydrogen) atoms. The van der Waals surface area contributed by atoms with E-state index in [0.717, 1.165) is 0 Å². The second-order valence-corrected chi connectivity index (χ2v) is 24.0. The molecule has 1 aromatic heterocycles. The van der Waals surface area contributed by atoms with E-state index in [1.165, 1.54) is 70.6 Å². The van der Waals surface area contributed by atoms with Crippen molar-refractivity contribution in [1.29, 1.82) is 0 Å². The number of aryl methyl sites for hydroxylation is 1. The minimum absolute atomic E-state index is 1.32. The number of unbranched alkanes of at least 4 members (excludes halogenated alkanes) is 9. The fraction of sp³-hybridized carbons (Fsp3) is 0.789. The first-order valence-corrected chi connectivity index (χ1v) is 19.9. The number of hydrogen-bond acceptors (Lipinski definition) is 1. The van der Waals surface area contributed by atoms with Crippen LogP contribution < -0.4 is 2.89 Å². The molecule has 0 radical (unpaired) electrons. The van der Waals surface area contributed by atoms with E-state index >= 15 is 0 Å². The van der Waals surface area contributed by atoms with Crippen LogP contribution in [0, 0.1) is 0 Å². The Kier molecular flexibility index (Phi) is 10.3. The molecule has 0 amide bonds. The van der Waals surface area contributed by atoms with Crippen molar-refractivity contribution in [2.75, 3.05) is 0 Å². The van der Waals surface area contributed by atoms with Crippen molar-refractivity contribution in [3.63, 3.8) is 0 Å². The summed E-state index contributed by atoms with van der Waals surface area (Å²) in [6.45, 7) is 2.29.